The highest BCUT2D eigenvalue weighted by Gasteiger charge is 1.95. The van der Waals surface area contributed by atoms with E-state index in [1.807, 2.05) is 6.08 Å². The van der Waals surface area contributed by atoms with Crippen LogP contribution >= 0.6 is 12.4 Å². The Hall–Kier alpha value is -2.13. The fraction of sp³-hybridized carbons (Fsp3) is 0. The summed E-state index contributed by atoms with van der Waals surface area (Å²) in [6, 6.07) is 11.1. The molecule has 0 unspecified atom stereocenters. The van der Waals surface area contributed by atoms with Crippen LogP contribution in [0.3, 0.4) is 0 Å². The van der Waals surface area contributed by atoms with Gasteiger partial charge in [0, 0.05) is 6.07 Å². The van der Waals surface area contributed by atoms with Crippen LogP contribution in [0, 0.1) is 0 Å². The molecule has 94 valence electrons. The van der Waals surface area contributed by atoms with Crippen molar-refractivity contribution in [1.29, 1.82) is 0 Å². The average Bonchev–Trinajstić information content (AvgIpc) is 2.27. The Balaban J connectivity index is 0.00000162. The molecule has 3 N–H and O–H groups in total. The van der Waals surface area contributed by atoms with Crippen molar-refractivity contribution in [3.8, 4) is 17.2 Å². The van der Waals surface area contributed by atoms with Crippen LogP contribution in [0.25, 0.3) is 12.2 Å². The van der Waals surface area contributed by atoms with Gasteiger partial charge in [-0.3, -0.25) is 0 Å². The first-order chi connectivity index (χ1) is 8.13. The third-order valence-corrected chi connectivity index (χ3v) is 2.29. The summed E-state index contributed by atoms with van der Waals surface area (Å²) in [4.78, 5) is 0. The van der Waals surface area contributed by atoms with Crippen LogP contribution in [0.4, 0.5) is 0 Å². The van der Waals surface area contributed by atoms with Gasteiger partial charge in [0.05, 0.1) is 0 Å². The van der Waals surface area contributed by atoms with E-state index in [-0.39, 0.29) is 29.7 Å². The Labute approximate surface area is 111 Å². The molecule has 2 aromatic carbocycles. The molecule has 0 aliphatic rings. The van der Waals surface area contributed by atoms with Crippen molar-refractivity contribution in [2.75, 3.05) is 0 Å². The maximum atomic E-state index is 9.30. The molecule has 0 fully saturated rings. The van der Waals surface area contributed by atoms with Crippen molar-refractivity contribution in [2.45, 2.75) is 0 Å². The normalized spacial score (nSPS) is 10.2. The Morgan fingerprint density at radius 3 is 1.67 bits per heavy atom. The SMILES string of the molecule is Cl.Oc1ccc(/C=C/c2cc(O)cc(O)c2)cc1. The van der Waals surface area contributed by atoms with Gasteiger partial charge in [-0.15, -0.1) is 12.4 Å². The summed E-state index contributed by atoms with van der Waals surface area (Å²) < 4.78 is 0. The predicted molar refractivity (Wildman–Crippen MR) is 74.1 cm³/mol. The summed E-state index contributed by atoms with van der Waals surface area (Å²) in [5.41, 5.74) is 1.63. The molecule has 0 atom stereocenters. The van der Waals surface area contributed by atoms with Crippen LogP contribution in [0.1, 0.15) is 11.1 Å². The third kappa shape index (κ3) is 3.71. The van der Waals surface area contributed by atoms with Crippen LogP contribution in [-0.4, -0.2) is 15.3 Å². The van der Waals surface area contributed by atoms with Crippen molar-refractivity contribution in [3.05, 3.63) is 53.6 Å². The minimum Gasteiger partial charge on any atom is -0.508 e. The molecular weight excluding hydrogens is 252 g/mol. The molecule has 0 aromatic heterocycles. The Morgan fingerprint density at radius 2 is 1.11 bits per heavy atom. The third-order valence-electron chi connectivity index (χ3n) is 2.29. The Bertz CT molecular complexity index is 527. The lowest BCUT2D eigenvalue weighted by Gasteiger charge is -1.98. The van der Waals surface area contributed by atoms with Crippen LogP contribution in [0.2, 0.25) is 0 Å². The van der Waals surface area contributed by atoms with E-state index >= 15 is 0 Å². The second-order valence-corrected chi connectivity index (χ2v) is 3.71. The van der Waals surface area contributed by atoms with E-state index in [1.54, 1.807) is 42.5 Å². The monoisotopic (exact) mass is 264 g/mol. The molecule has 0 amide bonds. The zero-order valence-corrected chi connectivity index (χ0v) is 10.3. The van der Waals surface area contributed by atoms with Gasteiger partial charge in [-0.25, -0.2) is 0 Å². The second kappa shape index (κ2) is 5.98. The average molecular weight is 265 g/mol. The van der Waals surface area contributed by atoms with Crippen LogP contribution < -0.4 is 0 Å². The summed E-state index contributed by atoms with van der Waals surface area (Å²) in [5, 5.41) is 27.7. The van der Waals surface area contributed by atoms with E-state index in [0.29, 0.717) is 5.56 Å². The number of hydrogen-bond donors (Lipinski definition) is 3. The predicted octanol–water partition coefficient (Wildman–Crippen LogP) is 3.40. The van der Waals surface area contributed by atoms with Crippen molar-refractivity contribution in [3.63, 3.8) is 0 Å². The molecule has 0 radical (unpaired) electrons. The van der Waals surface area contributed by atoms with Crippen molar-refractivity contribution >= 4 is 24.6 Å². The summed E-state index contributed by atoms with van der Waals surface area (Å²) >= 11 is 0. The first kappa shape index (κ1) is 13.9. The van der Waals surface area contributed by atoms with Crippen molar-refractivity contribution in [1.82, 2.24) is 0 Å². The van der Waals surface area contributed by atoms with Crippen LogP contribution in [0.5, 0.6) is 17.2 Å². The highest BCUT2D eigenvalue weighted by Crippen LogP contribution is 2.22. The maximum Gasteiger partial charge on any atom is 0.119 e. The number of aromatic hydroxyl groups is 3. The summed E-state index contributed by atoms with van der Waals surface area (Å²) in [7, 11) is 0. The first-order valence-electron chi connectivity index (χ1n) is 5.13. The Kier molecular flexibility index (Phi) is 4.63. The summed E-state index contributed by atoms with van der Waals surface area (Å²) in [6.45, 7) is 0. The molecular formula is C14H13ClO3. The summed E-state index contributed by atoms with van der Waals surface area (Å²) in [5.74, 6) is 0.267. The second-order valence-electron chi connectivity index (χ2n) is 3.71. The molecule has 3 nitrogen and oxygen atoms in total. The van der Waals surface area contributed by atoms with E-state index in [4.69, 9.17) is 5.11 Å². The quantitative estimate of drug-likeness (QED) is 0.729. The number of phenols is 3. The Morgan fingerprint density at radius 1 is 0.611 bits per heavy atom. The number of halogens is 1. The first-order valence-corrected chi connectivity index (χ1v) is 5.13. The number of phenolic OH excluding ortho intramolecular Hbond substituents is 3. The molecule has 0 aliphatic carbocycles. The van der Waals surface area contributed by atoms with Crippen LogP contribution in [0.15, 0.2) is 42.5 Å². The van der Waals surface area contributed by atoms with Gasteiger partial charge in [-0.1, -0.05) is 24.3 Å². The van der Waals surface area contributed by atoms with E-state index in [2.05, 4.69) is 0 Å². The zero-order valence-electron chi connectivity index (χ0n) is 9.45. The smallest absolute Gasteiger partial charge is 0.119 e. The molecule has 0 heterocycles. The van der Waals surface area contributed by atoms with Crippen molar-refractivity contribution in [2.24, 2.45) is 0 Å². The fourth-order valence-corrected chi connectivity index (χ4v) is 1.49. The standard InChI is InChI=1S/C14H12O3.ClH/c15-12-5-3-10(4-6-12)1-2-11-7-13(16)9-14(17)8-11;/h1-9,15-17H;1H/b2-1+;. The van der Waals surface area contributed by atoms with E-state index in [1.165, 1.54) is 6.07 Å². The molecule has 18 heavy (non-hydrogen) atoms. The number of rotatable bonds is 2. The molecule has 2 rings (SSSR count). The van der Waals surface area contributed by atoms with Gasteiger partial charge in [0.1, 0.15) is 17.2 Å². The zero-order chi connectivity index (χ0) is 12.3. The molecule has 0 saturated heterocycles. The van der Waals surface area contributed by atoms with E-state index < -0.39 is 0 Å². The minimum absolute atomic E-state index is 0. The van der Waals surface area contributed by atoms with Gasteiger partial charge in [0.25, 0.3) is 0 Å². The van der Waals surface area contributed by atoms with Gasteiger partial charge in [0.15, 0.2) is 0 Å². The lowest BCUT2D eigenvalue weighted by molar-refractivity contribution is 0.450. The molecule has 4 heteroatoms. The lowest BCUT2D eigenvalue weighted by Crippen LogP contribution is -1.74. The molecule has 0 bridgehead atoms. The number of benzene rings is 2. The van der Waals surface area contributed by atoms with Crippen molar-refractivity contribution < 1.29 is 15.3 Å². The van der Waals surface area contributed by atoms with Gasteiger partial charge >= 0.3 is 0 Å². The molecule has 2 aromatic rings. The van der Waals surface area contributed by atoms with E-state index in [0.717, 1.165) is 5.56 Å². The maximum absolute atomic E-state index is 9.30. The summed E-state index contributed by atoms with van der Waals surface area (Å²) in [6.07, 6.45) is 3.60. The van der Waals surface area contributed by atoms with Crippen LogP contribution in [-0.2, 0) is 0 Å². The lowest BCUT2D eigenvalue weighted by atomic mass is 10.1. The highest BCUT2D eigenvalue weighted by molar-refractivity contribution is 5.85. The number of hydrogen-bond acceptors (Lipinski definition) is 3. The van der Waals surface area contributed by atoms with Gasteiger partial charge in [0.2, 0.25) is 0 Å². The largest absolute Gasteiger partial charge is 0.508 e. The molecule has 0 saturated carbocycles. The van der Waals surface area contributed by atoms with Gasteiger partial charge < -0.3 is 15.3 Å². The van der Waals surface area contributed by atoms with Gasteiger partial charge in [-0.2, -0.15) is 0 Å². The topological polar surface area (TPSA) is 60.7 Å². The molecule has 0 aliphatic heterocycles. The molecule has 0 spiro atoms. The fourth-order valence-electron chi connectivity index (χ4n) is 1.49. The highest BCUT2D eigenvalue weighted by atomic mass is 35.5. The minimum atomic E-state index is 0. The van der Waals surface area contributed by atoms with Gasteiger partial charge in [-0.05, 0) is 35.4 Å². The van der Waals surface area contributed by atoms with E-state index in [9.17, 15) is 10.2 Å².